The number of nitrogens with one attached hydrogen (secondary N) is 1. The molecule has 2 heterocycles. The van der Waals surface area contributed by atoms with E-state index >= 15 is 0 Å². The van der Waals surface area contributed by atoms with Gasteiger partial charge in [0.1, 0.15) is 0 Å². The number of fused-ring (bicyclic) bond motifs is 1. The van der Waals surface area contributed by atoms with E-state index in [1.165, 1.54) is 0 Å². The van der Waals surface area contributed by atoms with Crippen LogP contribution in [-0.4, -0.2) is 37.5 Å². The Morgan fingerprint density at radius 2 is 1.68 bits per heavy atom. The molecule has 0 radical (unpaired) electrons. The number of hydrogen-bond acceptors (Lipinski definition) is 5. The van der Waals surface area contributed by atoms with Gasteiger partial charge in [-0.3, -0.25) is 9.59 Å². The first-order chi connectivity index (χ1) is 15.0. The van der Waals surface area contributed by atoms with E-state index < -0.39 is 0 Å². The number of halogens is 1. The number of carbonyl (C=O) groups is 2. The van der Waals surface area contributed by atoms with E-state index in [-0.39, 0.29) is 17.6 Å². The molecule has 3 aromatic rings. The van der Waals surface area contributed by atoms with Gasteiger partial charge in [-0.05, 0) is 82.0 Å². The van der Waals surface area contributed by atoms with Crippen LogP contribution in [0.2, 0.25) is 0 Å². The van der Waals surface area contributed by atoms with Crippen LogP contribution in [0.5, 0.6) is 11.5 Å². The number of methoxy groups -OCH3 is 2. The lowest BCUT2D eigenvalue weighted by atomic mass is 9.98. The van der Waals surface area contributed by atoms with Gasteiger partial charge in [-0.1, -0.05) is 0 Å². The lowest BCUT2D eigenvalue weighted by Gasteiger charge is -2.29. The van der Waals surface area contributed by atoms with E-state index in [4.69, 9.17) is 13.9 Å². The summed E-state index contributed by atoms with van der Waals surface area (Å²) in [6.07, 6.45) is 0.744. The molecule has 0 unspecified atom stereocenters. The third-order valence-electron chi connectivity index (χ3n) is 5.19. The number of hydrogen-bond donors (Lipinski definition) is 1. The summed E-state index contributed by atoms with van der Waals surface area (Å²) < 4.78 is 16.5. The highest BCUT2D eigenvalue weighted by Crippen LogP contribution is 2.33. The Morgan fingerprint density at radius 3 is 2.29 bits per heavy atom. The van der Waals surface area contributed by atoms with E-state index in [9.17, 15) is 9.59 Å². The van der Waals surface area contributed by atoms with Crippen LogP contribution in [0.3, 0.4) is 0 Å². The number of ether oxygens (including phenoxy) is 2. The number of anilines is 1. The highest BCUT2D eigenvalue weighted by atomic mass is 79.9. The predicted octanol–water partition coefficient (Wildman–Crippen LogP) is 4.51. The van der Waals surface area contributed by atoms with Crippen LogP contribution in [0.15, 0.2) is 57.6 Å². The molecule has 1 N–H and O–H groups in total. The zero-order valence-electron chi connectivity index (χ0n) is 17.1. The summed E-state index contributed by atoms with van der Waals surface area (Å²) in [5.74, 6) is 1.13. The molecular weight excluding hydrogens is 464 g/mol. The molecule has 31 heavy (non-hydrogen) atoms. The molecule has 0 saturated carbocycles. The second-order valence-corrected chi connectivity index (χ2v) is 7.87. The van der Waals surface area contributed by atoms with Gasteiger partial charge in [0.15, 0.2) is 21.9 Å². The fraction of sp³-hybridized carbons (Fsp3) is 0.217. The van der Waals surface area contributed by atoms with Crippen molar-refractivity contribution in [2.75, 3.05) is 26.1 Å². The van der Waals surface area contributed by atoms with Gasteiger partial charge in [-0.2, -0.15) is 0 Å². The highest BCUT2D eigenvalue weighted by Gasteiger charge is 2.24. The summed E-state index contributed by atoms with van der Waals surface area (Å²) in [4.78, 5) is 27.0. The molecule has 8 heteroatoms. The van der Waals surface area contributed by atoms with Crippen molar-refractivity contribution in [3.8, 4) is 11.5 Å². The smallest absolute Gasteiger partial charge is 0.291 e. The summed E-state index contributed by atoms with van der Waals surface area (Å²) in [5, 5.41) is 2.75. The first kappa shape index (κ1) is 21.0. The summed E-state index contributed by atoms with van der Waals surface area (Å²) in [7, 11) is 3.21. The first-order valence-electron chi connectivity index (χ1n) is 9.68. The molecule has 0 aliphatic carbocycles. The van der Waals surface area contributed by atoms with Gasteiger partial charge in [-0.15, -0.1) is 0 Å². The number of amides is 2. The Kier molecular flexibility index (Phi) is 5.99. The van der Waals surface area contributed by atoms with Crippen molar-refractivity contribution < 1.29 is 23.5 Å². The van der Waals surface area contributed by atoms with Gasteiger partial charge in [0.25, 0.3) is 11.8 Å². The number of carbonyl (C=O) groups excluding carboxylic acids is 2. The fourth-order valence-electron chi connectivity index (χ4n) is 3.56. The molecule has 1 aromatic heterocycles. The molecule has 7 nitrogen and oxygen atoms in total. The SMILES string of the molecule is COc1cc2c(cc1OC)CN(C(=O)c1ccc(NC(=O)c3ccc(Br)o3)cc1)CC2. The predicted molar refractivity (Wildman–Crippen MR) is 119 cm³/mol. The van der Waals surface area contributed by atoms with Crippen LogP contribution in [0.25, 0.3) is 0 Å². The van der Waals surface area contributed by atoms with E-state index in [1.54, 1.807) is 50.6 Å². The normalized spacial score (nSPS) is 12.8. The Balaban J connectivity index is 1.45. The highest BCUT2D eigenvalue weighted by molar-refractivity contribution is 9.10. The second kappa shape index (κ2) is 8.85. The summed E-state index contributed by atoms with van der Waals surface area (Å²) in [5.41, 5.74) is 3.34. The minimum absolute atomic E-state index is 0.0618. The Labute approximate surface area is 188 Å². The fourth-order valence-corrected chi connectivity index (χ4v) is 3.87. The lowest BCUT2D eigenvalue weighted by Crippen LogP contribution is -2.36. The van der Waals surface area contributed by atoms with Crippen molar-refractivity contribution in [1.29, 1.82) is 0 Å². The maximum absolute atomic E-state index is 13.0. The largest absolute Gasteiger partial charge is 0.493 e. The molecule has 0 spiro atoms. The van der Waals surface area contributed by atoms with Crippen LogP contribution in [0.1, 0.15) is 32.0 Å². The molecule has 0 saturated heterocycles. The standard InChI is InChI=1S/C23H21BrN2O5/c1-29-19-11-15-9-10-26(13-16(15)12-20(19)30-2)23(28)14-3-5-17(6-4-14)25-22(27)18-7-8-21(24)31-18/h3-8,11-12H,9-10,13H2,1-2H3,(H,25,27). The average molecular weight is 485 g/mol. The van der Waals surface area contributed by atoms with Gasteiger partial charge in [0.05, 0.1) is 14.2 Å². The number of nitrogens with zero attached hydrogens (tertiary/aromatic N) is 1. The Hall–Kier alpha value is -3.26. The monoisotopic (exact) mass is 484 g/mol. The molecule has 1 aliphatic rings. The molecule has 0 fully saturated rings. The maximum atomic E-state index is 13.0. The van der Waals surface area contributed by atoms with Crippen LogP contribution in [0, 0.1) is 0 Å². The van der Waals surface area contributed by atoms with Crippen molar-refractivity contribution in [2.24, 2.45) is 0 Å². The molecule has 0 bridgehead atoms. The van der Waals surface area contributed by atoms with Crippen molar-refractivity contribution in [1.82, 2.24) is 4.90 Å². The van der Waals surface area contributed by atoms with Crippen LogP contribution >= 0.6 is 15.9 Å². The maximum Gasteiger partial charge on any atom is 0.291 e. The Morgan fingerprint density at radius 1 is 1.00 bits per heavy atom. The molecule has 0 atom stereocenters. The number of rotatable bonds is 5. The summed E-state index contributed by atoms with van der Waals surface area (Å²) in [6, 6.07) is 14.0. The molecular formula is C23H21BrN2O5. The van der Waals surface area contributed by atoms with Gasteiger partial charge in [0, 0.05) is 24.3 Å². The topological polar surface area (TPSA) is 81.0 Å². The van der Waals surface area contributed by atoms with Crippen molar-refractivity contribution in [3.05, 3.63) is 75.7 Å². The van der Waals surface area contributed by atoms with E-state index in [2.05, 4.69) is 21.2 Å². The third-order valence-corrected chi connectivity index (χ3v) is 5.62. The number of furan rings is 1. The van der Waals surface area contributed by atoms with Crippen molar-refractivity contribution in [2.45, 2.75) is 13.0 Å². The van der Waals surface area contributed by atoms with Crippen LogP contribution < -0.4 is 14.8 Å². The van der Waals surface area contributed by atoms with Crippen LogP contribution in [0.4, 0.5) is 5.69 Å². The zero-order valence-corrected chi connectivity index (χ0v) is 18.7. The minimum Gasteiger partial charge on any atom is -0.493 e. The van der Waals surface area contributed by atoms with Gasteiger partial charge >= 0.3 is 0 Å². The van der Waals surface area contributed by atoms with E-state index in [0.717, 1.165) is 17.5 Å². The molecule has 160 valence electrons. The average Bonchev–Trinajstić information content (AvgIpc) is 3.24. The zero-order chi connectivity index (χ0) is 22.0. The van der Waals surface area contributed by atoms with Crippen LogP contribution in [-0.2, 0) is 13.0 Å². The molecule has 1 aliphatic heterocycles. The van der Waals surface area contributed by atoms with E-state index in [1.807, 2.05) is 17.0 Å². The quantitative estimate of drug-likeness (QED) is 0.575. The van der Waals surface area contributed by atoms with Crippen molar-refractivity contribution in [3.63, 3.8) is 0 Å². The van der Waals surface area contributed by atoms with Crippen molar-refractivity contribution >= 4 is 33.4 Å². The minimum atomic E-state index is -0.359. The molecule has 4 rings (SSSR count). The summed E-state index contributed by atoms with van der Waals surface area (Å²) in [6.45, 7) is 1.12. The van der Waals surface area contributed by atoms with Gasteiger partial charge < -0.3 is 24.1 Å². The Bertz CT molecular complexity index is 1120. The third kappa shape index (κ3) is 4.44. The second-order valence-electron chi connectivity index (χ2n) is 7.09. The number of benzene rings is 2. The molecule has 2 aromatic carbocycles. The van der Waals surface area contributed by atoms with Gasteiger partial charge in [0.2, 0.25) is 0 Å². The first-order valence-corrected chi connectivity index (χ1v) is 10.5. The molecule has 2 amide bonds. The van der Waals surface area contributed by atoms with E-state index in [0.29, 0.717) is 40.5 Å². The lowest BCUT2D eigenvalue weighted by molar-refractivity contribution is 0.0734. The summed E-state index contributed by atoms with van der Waals surface area (Å²) >= 11 is 3.17. The van der Waals surface area contributed by atoms with Gasteiger partial charge in [-0.25, -0.2) is 0 Å².